The molecule has 28 heavy (non-hydrogen) atoms. The number of aryl methyl sites for hydroxylation is 1. The molecule has 146 valence electrons. The van der Waals surface area contributed by atoms with Gasteiger partial charge in [0, 0.05) is 24.1 Å². The monoisotopic (exact) mass is 380 g/mol. The summed E-state index contributed by atoms with van der Waals surface area (Å²) in [6.45, 7) is 3.33. The van der Waals surface area contributed by atoms with Crippen molar-refractivity contribution in [2.45, 2.75) is 38.3 Å². The van der Waals surface area contributed by atoms with Gasteiger partial charge in [0.05, 0.1) is 24.8 Å². The molecule has 0 saturated carbocycles. The fourth-order valence-corrected chi connectivity index (χ4v) is 3.20. The number of nitriles is 1. The number of nitrogens with one attached hydrogen (secondary N) is 1. The van der Waals surface area contributed by atoms with Crippen LogP contribution in [0, 0.1) is 11.3 Å². The first-order valence-electron chi connectivity index (χ1n) is 9.47. The molecule has 0 unspecified atom stereocenters. The van der Waals surface area contributed by atoms with Crippen LogP contribution in [-0.4, -0.2) is 30.4 Å². The Bertz CT molecular complexity index is 852. The Labute approximate surface area is 164 Å². The summed E-state index contributed by atoms with van der Waals surface area (Å²) in [6, 6.07) is 13.5. The first-order chi connectivity index (χ1) is 13.6. The molecule has 1 heterocycles. The number of carbonyl (C=O) groups is 1. The average molecular weight is 380 g/mol. The van der Waals surface area contributed by atoms with Crippen LogP contribution >= 0.6 is 0 Å². The third-order valence-electron chi connectivity index (χ3n) is 4.83. The molecule has 0 bridgehead atoms. The average Bonchev–Trinajstić information content (AvgIpc) is 2.73. The Morgan fingerprint density at radius 1 is 1.29 bits per heavy atom. The molecule has 0 aliphatic carbocycles. The molecule has 1 aliphatic rings. The first kappa shape index (κ1) is 19.7. The SMILES string of the molecule is CCc1ccc(OC2CCOCC2)c([C@@H](Nc2ccc(C#N)cc2)C(=O)O)c1. The van der Waals surface area contributed by atoms with E-state index in [9.17, 15) is 9.90 Å². The number of ether oxygens (including phenoxy) is 2. The molecule has 6 heteroatoms. The molecule has 1 aliphatic heterocycles. The van der Waals surface area contributed by atoms with Crippen molar-refractivity contribution in [3.8, 4) is 11.8 Å². The number of hydrogen-bond acceptors (Lipinski definition) is 5. The minimum Gasteiger partial charge on any atom is -0.490 e. The standard InChI is InChI=1S/C22H24N2O4/c1-2-15-5-8-20(28-18-9-11-27-12-10-18)19(13-15)21(22(25)26)24-17-6-3-16(14-23)4-7-17/h3-8,13,18,21,24H,2,9-12H2,1H3,(H,25,26)/t21-/m1/s1. The quantitative estimate of drug-likeness (QED) is 0.756. The largest absolute Gasteiger partial charge is 0.490 e. The minimum absolute atomic E-state index is 0.0179. The molecule has 3 rings (SSSR count). The Balaban J connectivity index is 1.90. The molecule has 2 aromatic rings. The van der Waals surface area contributed by atoms with Crippen molar-refractivity contribution in [3.05, 3.63) is 59.2 Å². The Morgan fingerprint density at radius 3 is 2.61 bits per heavy atom. The van der Waals surface area contributed by atoms with Crippen molar-refractivity contribution in [2.24, 2.45) is 0 Å². The van der Waals surface area contributed by atoms with Crippen molar-refractivity contribution >= 4 is 11.7 Å². The van der Waals surface area contributed by atoms with E-state index in [1.807, 2.05) is 25.1 Å². The zero-order chi connectivity index (χ0) is 19.9. The van der Waals surface area contributed by atoms with Crippen LogP contribution in [0.1, 0.15) is 42.5 Å². The molecular formula is C22H24N2O4. The Hall–Kier alpha value is -3.04. The van der Waals surface area contributed by atoms with Gasteiger partial charge in [-0.1, -0.05) is 13.0 Å². The van der Waals surface area contributed by atoms with Gasteiger partial charge in [-0.2, -0.15) is 5.26 Å². The highest BCUT2D eigenvalue weighted by atomic mass is 16.5. The molecule has 2 aromatic carbocycles. The fourth-order valence-electron chi connectivity index (χ4n) is 3.20. The summed E-state index contributed by atoms with van der Waals surface area (Å²) < 4.78 is 11.5. The number of rotatable bonds is 7. The van der Waals surface area contributed by atoms with Gasteiger partial charge >= 0.3 is 5.97 Å². The molecule has 0 aromatic heterocycles. The molecule has 0 spiro atoms. The molecule has 0 radical (unpaired) electrons. The van der Waals surface area contributed by atoms with Crippen LogP contribution < -0.4 is 10.1 Å². The van der Waals surface area contributed by atoms with E-state index in [1.165, 1.54) is 0 Å². The number of hydrogen-bond donors (Lipinski definition) is 2. The van der Waals surface area contributed by atoms with Crippen LogP contribution in [0.4, 0.5) is 5.69 Å². The second-order valence-corrected chi connectivity index (χ2v) is 6.76. The minimum atomic E-state index is -0.991. The summed E-state index contributed by atoms with van der Waals surface area (Å²) in [4.78, 5) is 12.1. The van der Waals surface area contributed by atoms with Crippen molar-refractivity contribution in [3.63, 3.8) is 0 Å². The van der Waals surface area contributed by atoms with Gasteiger partial charge < -0.3 is 19.9 Å². The lowest BCUT2D eigenvalue weighted by atomic mass is 10.0. The van der Waals surface area contributed by atoms with Crippen molar-refractivity contribution in [2.75, 3.05) is 18.5 Å². The highest BCUT2D eigenvalue weighted by molar-refractivity contribution is 5.80. The number of aliphatic carboxylic acids is 1. The fraction of sp³-hybridized carbons (Fsp3) is 0.364. The normalized spacial score (nSPS) is 15.4. The molecule has 2 N–H and O–H groups in total. The molecule has 1 atom stereocenters. The van der Waals surface area contributed by atoms with Gasteiger partial charge in [0.25, 0.3) is 0 Å². The van der Waals surface area contributed by atoms with Gasteiger partial charge in [-0.25, -0.2) is 4.79 Å². The summed E-state index contributed by atoms with van der Waals surface area (Å²) in [7, 11) is 0. The second-order valence-electron chi connectivity index (χ2n) is 6.76. The van der Waals surface area contributed by atoms with Crippen LogP contribution in [0.3, 0.4) is 0 Å². The van der Waals surface area contributed by atoms with Gasteiger partial charge in [0.2, 0.25) is 0 Å². The van der Waals surface area contributed by atoms with Crippen LogP contribution in [0.25, 0.3) is 0 Å². The lowest BCUT2D eigenvalue weighted by Gasteiger charge is -2.26. The van der Waals surface area contributed by atoms with Gasteiger partial charge in [-0.15, -0.1) is 0 Å². The molecular weight excluding hydrogens is 356 g/mol. The smallest absolute Gasteiger partial charge is 0.330 e. The van der Waals surface area contributed by atoms with Crippen LogP contribution in [0.2, 0.25) is 0 Å². The lowest BCUT2D eigenvalue weighted by Crippen LogP contribution is -2.27. The summed E-state index contributed by atoms with van der Waals surface area (Å²) in [6.07, 6.45) is 2.39. The maximum Gasteiger partial charge on any atom is 0.330 e. The maximum atomic E-state index is 12.1. The summed E-state index contributed by atoms with van der Waals surface area (Å²) in [5, 5.41) is 21.9. The van der Waals surface area contributed by atoms with E-state index in [2.05, 4.69) is 11.4 Å². The molecule has 1 fully saturated rings. The van der Waals surface area contributed by atoms with E-state index >= 15 is 0 Å². The Morgan fingerprint density at radius 2 is 2.00 bits per heavy atom. The third kappa shape index (κ3) is 4.81. The molecule has 1 saturated heterocycles. The lowest BCUT2D eigenvalue weighted by molar-refractivity contribution is -0.138. The summed E-state index contributed by atoms with van der Waals surface area (Å²) in [5.41, 5.74) is 2.80. The predicted octanol–water partition coefficient (Wildman–Crippen LogP) is 3.92. The van der Waals surface area contributed by atoms with Crippen molar-refractivity contribution in [1.82, 2.24) is 0 Å². The Kier molecular flexibility index (Phi) is 6.51. The van der Waals surface area contributed by atoms with Gasteiger partial charge in [0.1, 0.15) is 11.9 Å². The molecule has 0 amide bonds. The highest BCUT2D eigenvalue weighted by Crippen LogP contribution is 2.32. The summed E-state index contributed by atoms with van der Waals surface area (Å²) in [5.74, 6) is -0.410. The van der Waals surface area contributed by atoms with Crippen LogP contribution in [-0.2, 0) is 16.0 Å². The maximum absolute atomic E-state index is 12.1. The van der Waals surface area contributed by atoms with E-state index < -0.39 is 12.0 Å². The van der Waals surface area contributed by atoms with Crippen LogP contribution in [0.15, 0.2) is 42.5 Å². The van der Waals surface area contributed by atoms with Crippen molar-refractivity contribution < 1.29 is 19.4 Å². The zero-order valence-electron chi connectivity index (χ0n) is 15.9. The summed E-state index contributed by atoms with van der Waals surface area (Å²) >= 11 is 0. The van der Waals surface area contributed by atoms with Gasteiger partial charge in [-0.05, 0) is 48.4 Å². The van der Waals surface area contributed by atoms with Gasteiger partial charge in [-0.3, -0.25) is 0 Å². The van der Waals surface area contributed by atoms with E-state index in [0.29, 0.717) is 35.8 Å². The molecule has 6 nitrogen and oxygen atoms in total. The number of benzene rings is 2. The van der Waals surface area contributed by atoms with E-state index in [-0.39, 0.29) is 6.10 Å². The predicted molar refractivity (Wildman–Crippen MR) is 105 cm³/mol. The topological polar surface area (TPSA) is 91.6 Å². The number of nitrogens with zero attached hydrogens (tertiary/aromatic N) is 1. The zero-order valence-corrected chi connectivity index (χ0v) is 15.9. The van der Waals surface area contributed by atoms with E-state index in [4.69, 9.17) is 14.7 Å². The number of carboxylic acids is 1. The third-order valence-corrected chi connectivity index (χ3v) is 4.83. The second kappa shape index (κ2) is 9.25. The number of carboxylic acid groups (broad SMARTS) is 1. The highest BCUT2D eigenvalue weighted by Gasteiger charge is 2.26. The van der Waals surface area contributed by atoms with Gasteiger partial charge in [0.15, 0.2) is 6.04 Å². The van der Waals surface area contributed by atoms with E-state index in [1.54, 1.807) is 24.3 Å². The number of anilines is 1. The van der Waals surface area contributed by atoms with E-state index in [0.717, 1.165) is 24.8 Å². The van der Waals surface area contributed by atoms with Crippen molar-refractivity contribution in [1.29, 1.82) is 5.26 Å². The first-order valence-corrected chi connectivity index (χ1v) is 9.47. The van der Waals surface area contributed by atoms with Crippen LogP contribution in [0.5, 0.6) is 5.75 Å².